The van der Waals surface area contributed by atoms with E-state index < -0.39 is 0 Å². The molecule has 2 heterocycles. The van der Waals surface area contributed by atoms with Crippen molar-refractivity contribution in [1.82, 2.24) is 4.98 Å². The molecule has 5 heteroatoms. The summed E-state index contributed by atoms with van der Waals surface area (Å²) in [6.07, 6.45) is 3.20. The molecule has 1 fully saturated rings. The van der Waals surface area contributed by atoms with Gasteiger partial charge in [0.2, 0.25) is 0 Å². The molecule has 2 N–H and O–H groups in total. The minimum atomic E-state index is -0.355. The topological polar surface area (TPSA) is 63.2 Å². The lowest BCUT2D eigenvalue weighted by molar-refractivity contribution is -0.126. The molecule has 1 aromatic heterocycles. The number of nitrogens with one attached hydrogen (secondary N) is 2. The summed E-state index contributed by atoms with van der Waals surface area (Å²) < 4.78 is 5.54. The van der Waals surface area contributed by atoms with Gasteiger partial charge in [-0.2, -0.15) is 0 Å². The highest BCUT2D eigenvalue weighted by atomic mass is 16.5. The maximum atomic E-state index is 12.4. The van der Waals surface area contributed by atoms with Crippen molar-refractivity contribution >= 4 is 17.3 Å². The predicted molar refractivity (Wildman–Crippen MR) is 95.0 cm³/mol. The lowest BCUT2D eigenvalue weighted by Gasteiger charge is -2.17. The van der Waals surface area contributed by atoms with E-state index in [4.69, 9.17) is 4.74 Å². The third-order valence-corrected chi connectivity index (χ3v) is 4.25. The molecule has 24 heavy (non-hydrogen) atoms. The zero-order valence-electron chi connectivity index (χ0n) is 13.9. The highest BCUT2D eigenvalue weighted by molar-refractivity contribution is 5.97. The van der Waals surface area contributed by atoms with Crippen LogP contribution in [0.25, 0.3) is 0 Å². The number of para-hydroxylation sites is 2. The molecular weight excluding hydrogens is 302 g/mol. The number of benzene rings is 1. The van der Waals surface area contributed by atoms with Gasteiger partial charge in [-0.05, 0) is 36.6 Å². The molecule has 1 aliphatic rings. The van der Waals surface area contributed by atoms with E-state index in [1.54, 1.807) is 6.20 Å². The molecule has 0 saturated carbocycles. The van der Waals surface area contributed by atoms with E-state index in [1.807, 2.05) is 49.4 Å². The lowest BCUT2D eigenvalue weighted by Crippen LogP contribution is -2.31. The quantitative estimate of drug-likeness (QED) is 0.856. The van der Waals surface area contributed by atoms with Gasteiger partial charge in [0.25, 0.3) is 5.91 Å². The number of hydrogen-bond acceptors (Lipinski definition) is 4. The van der Waals surface area contributed by atoms with Crippen LogP contribution in [-0.4, -0.2) is 30.1 Å². The Balaban J connectivity index is 1.59. The van der Waals surface area contributed by atoms with Gasteiger partial charge in [0.1, 0.15) is 6.10 Å². The molecule has 1 amide bonds. The van der Waals surface area contributed by atoms with Gasteiger partial charge >= 0.3 is 0 Å². The number of nitrogens with zero attached hydrogens (tertiary/aromatic N) is 1. The van der Waals surface area contributed by atoms with Gasteiger partial charge in [0.15, 0.2) is 0 Å². The molecule has 0 radical (unpaired) electrons. The smallest absolute Gasteiger partial charge is 0.253 e. The van der Waals surface area contributed by atoms with Gasteiger partial charge in [-0.3, -0.25) is 9.78 Å². The summed E-state index contributed by atoms with van der Waals surface area (Å²) in [6, 6.07) is 13.6. The summed E-state index contributed by atoms with van der Waals surface area (Å²) in [5.74, 6) is 0.188. The Morgan fingerprint density at radius 2 is 2.00 bits per heavy atom. The Hall–Kier alpha value is -2.40. The summed E-state index contributed by atoms with van der Waals surface area (Å²) >= 11 is 0. The molecule has 2 atom stereocenters. The molecule has 1 aromatic carbocycles. The predicted octanol–water partition coefficient (Wildman–Crippen LogP) is 3.10. The number of carbonyl (C=O) groups excluding carboxylic acids is 1. The molecule has 0 unspecified atom stereocenters. The minimum absolute atomic E-state index is 0.0704. The number of pyridine rings is 1. The SMILES string of the molecule is C[C@H]1CCO[C@H]1C(=O)Nc1ccccc1NCCc1ccccn1. The number of hydrogen-bond donors (Lipinski definition) is 2. The Kier molecular flexibility index (Phi) is 5.43. The van der Waals surface area contributed by atoms with Crippen molar-refractivity contribution in [3.05, 3.63) is 54.4 Å². The first-order valence-electron chi connectivity index (χ1n) is 8.39. The molecule has 1 aliphatic heterocycles. The summed E-state index contributed by atoms with van der Waals surface area (Å²) in [4.78, 5) is 16.7. The van der Waals surface area contributed by atoms with Crippen molar-refractivity contribution in [2.24, 2.45) is 5.92 Å². The molecule has 126 valence electrons. The van der Waals surface area contributed by atoms with Gasteiger partial charge < -0.3 is 15.4 Å². The first-order valence-corrected chi connectivity index (χ1v) is 8.39. The van der Waals surface area contributed by atoms with Crippen LogP contribution in [0.4, 0.5) is 11.4 Å². The van der Waals surface area contributed by atoms with Crippen LogP contribution in [0.1, 0.15) is 19.0 Å². The van der Waals surface area contributed by atoms with E-state index in [9.17, 15) is 4.79 Å². The monoisotopic (exact) mass is 325 g/mol. The van der Waals surface area contributed by atoms with Gasteiger partial charge in [-0.25, -0.2) is 0 Å². The fourth-order valence-electron chi connectivity index (χ4n) is 2.85. The maximum Gasteiger partial charge on any atom is 0.253 e. The van der Waals surface area contributed by atoms with E-state index >= 15 is 0 Å². The van der Waals surface area contributed by atoms with E-state index in [-0.39, 0.29) is 17.9 Å². The molecule has 5 nitrogen and oxygen atoms in total. The standard InChI is InChI=1S/C19H23N3O2/c1-14-10-13-24-18(14)19(23)22-17-8-3-2-7-16(17)21-12-9-15-6-4-5-11-20-15/h2-8,11,14,18,21H,9-10,12-13H2,1H3,(H,22,23)/t14-,18+/m0/s1. The first-order chi connectivity index (χ1) is 11.7. The molecule has 0 bridgehead atoms. The summed E-state index contributed by atoms with van der Waals surface area (Å²) in [5.41, 5.74) is 2.73. The van der Waals surface area contributed by atoms with Gasteiger partial charge in [0.05, 0.1) is 11.4 Å². The first kappa shape index (κ1) is 16.5. The van der Waals surface area contributed by atoms with Crippen molar-refractivity contribution in [1.29, 1.82) is 0 Å². The second kappa shape index (κ2) is 7.93. The number of ether oxygens (including phenoxy) is 1. The van der Waals surface area contributed by atoms with E-state index in [1.165, 1.54) is 0 Å². The van der Waals surface area contributed by atoms with E-state index in [0.29, 0.717) is 6.61 Å². The average Bonchev–Trinajstić information content (AvgIpc) is 3.03. The summed E-state index contributed by atoms with van der Waals surface area (Å²) in [5, 5.41) is 6.36. The van der Waals surface area contributed by atoms with Crippen LogP contribution in [0.3, 0.4) is 0 Å². The van der Waals surface area contributed by atoms with Crippen LogP contribution in [0.2, 0.25) is 0 Å². The van der Waals surface area contributed by atoms with E-state index in [0.717, 1.165) is 36.5 Å². The molecule has 0 spiro atoms. The van der Waals surface area contributed by atoms with Crippen molar-refractivity contribution in [2.75, 3.05) is 23.8 Å². The Morgan fingerprint density at radius 1 is 1.21 bits per heavy atom. The molecule has 3 rings (SSSR count). The second-order valence-corrected chi connectivity index (χ2v) is 6.09. The van der Waals surface area contributed by atoms with Crippen LogP contribution in [0.15, 0.2) is 48.7 Å². The Bertz CT molecular complexity index is 675. The third kappa shape index (κ3) is 4.11. The fourth-order valence-corrected chi connectivity index (χ4v) is 2.85. The number of amides is 1. The van der Waals surface area contributed by atoms with Crippen molar-refractivity contribution in [3.8, 4) is 0 Å². The number of rotatable bonds is 6. The summed E-state index contributed by atoms with van der Waals surface area (Å²) in [7, 11) is 0. The Labute approximate surface area is 142 Å². The lowest BCUT2D eigenvalue weighted by atomic mass is 10.0. The molecule has 1 saturated heterocycles. The van der Waals surface area contributed by atoms with Gasteiger partial charge in [0, 0.05) is 31.5 Å². The highest BCUT2D eigenvalue weighted by Crippen LogP contribution is 2.25. The summed E-state index contributed by atoms with van der Waals surface area (Å²) in [6.45, 7) is 3.46. The normalized spacial score (nSPS) is 19.9. The average molecular weight is 325 g/mol. The number of aromatic nitrogens is 1. The van der Waals surface area contributed by atoms with Gasteiger partial charge in [-0.15, -0.1) is 0 Å². The van der Waals surface area contributed by atoms with Crippen LogP contribution < -0.4 is 10.6 Å². The van der Waals surface area contributed by atoms with Crippen molar-refractivity contribution in [3.63, 3.8) is 0 Å². The van der Waals surface area contributed by atoms with Crippen molar-refractivity contribution in [2.45, 2.75) is 25.9 Å². The van der Waals surface area contributed by atoms with Crippen LogP contribution in [0, 0.1) is 5.92 Å². The molecular formula is C19H23N3O2. The Morgan fingerprint density at radius 3 is 2.71 bits per heavy atom. The number of carbonyl (C=O) groups is 1. The minimum Gasteiger partial charge on any atom is -0.383 e. The molecule has 0 aliphatic carbocycles. The fraction of sp³-hybridized carbons (Fsp3) is 0.368. The van der Waals surface area contributed by atoms with Crippen LogP contribution >= 0.6 is 0 Å². The van der Waals surface area contributed by atoms with E-state index in [2.05, 4.69) is 15.6 Å². The van der Waals surface area contributed by atoms with Crippen molar-refractivity contribution < 1.29 is 9.53 Å². The molecule has 2 aromatic rings. The zero-order valence-corrected chi connectivity index (χ0v) is 13.9. The third-order valence-electron chi connectivity index (χ3n) is 4.25. The maximum absolute atomic E-state index is 12.4. The van der Waals surface area contributed by atoms with Gasteiger partial charge in [-0.1, -0.05) is 25.1 Å². The highest BCUT2D eigenvalue weighted by Gasteiger charge is 2.31. The second-order valence-electron chi connectivity index (χ2n) is 6.09. The van der Waals surface area contributed by atoms with Crippen LogP contribution in [-0.2, 0) is 16.0 Å². The number of anilines is 2. The largest absolute Gasteiger partial charge is 0.383 e. The van der Waals surface area contributed by atoms with Crippen LogP contribution in [0.5, 0.6) is 0 Å². The zero-order chi connectivity index (χ0) is 16.8.